The second-order valence-electron chi connectivity index (χ2n) is 7.38. The van der Waals surface area contributed by atoms with Gasteiger partial charge in [-0.1, -0.05) is 59.8 Å². The standard InChI is InChI=1S/C20H32O3/c1-6-7-8-9-10-11-12-18(21)23-16-13-15(2)19(22)17(14-16)20(3,4)5/h13-14,22H,6-12H2,1-5H3. The van der Waals surface area contributed by atoms with Crippen molar-refractivity contribution in [2.24, 2.45) is 0 Å². The number of benzene rings is 1. The Labute approximate surface area is 141 Å². The highest BCUT2D eigenvalue weighted by Crippen LogP contribution is 2.36. The number of aryl methyl sites for hydroxylation is 1. The van der Waals surface area contributed by atoms with Gasteiger partial charge in [-0.3, -0.25) is 4.79 Å². The number of unbranched alkanes of at least 4 members (excludes halogenated alkanes) is 5. The summed E-state index contributed by atoms with van der Waals surface area (Å²) in [6.07, 6.45) is 7.36. The van der Waals surface area contributed by atoms with Gasteiger partial charge in [0.1, 0.15) is 11.5 Å². The fourth-order valence-electron chi connectivity index (χ4n) is 2.61. The summed E-state index contributed by atoms with van der Waals surface area (Å²) in [5, 5.41) is 10.2. The van der Waals surface area contributed by atoms with E-state index < -0.39 is 0 Å². The zero-order valence-electron chi connectivity index (χ0n) is 15.4. The molecule has 0 radical (unpaired) electrons. The number of carbonyl (C=O) groups excluding carboxylic acids is 1. The van der Waals surface area contributed by atoms with E-state index >= 15 is 0 Å². The Morgan fingerprint density at radius 2 is 1.70 bits per heavy atom. The van der Waals surface area contributed by atoms with E-state index in [2.05, 4.69) is 6.92 Å². The second kappa shape index (κ2) is 8.95. The molecule has 3 heteroatoms. The molecule has 0 aliphatic carbocycles. The molecule has 1 aromatic carbocycles. The monoisotopic (exact) mass is 320 g/mol. The minimum Gasteiger partial charge on any atom is -0.507 e. The van der Waals surface area contributed by atoms with Crippen molar-refractivity contribution in [2.45, 2.75) is 85.0 Å². The van der Waals surface area contributed by atoms with E-state index in [4.69, 9.17) is 4.74 Å². The summed E-state index contributed by atoms with van der Waals surface area (Å²) in [6, 6.07) is 3.51. The van der Waals surface area contributed by atoms with E-state index in [9.17, 15) is 9.90 Å². The first-order valence-corrected chi connectivity index (χ1v) is 8.80. The van der Waals surface area contributed by atoms with Gasteiger partial charge in [-0.05, 0) is 36.5 Å². The molecule has 0 aliphatic rings. The van der Waals surface area contributed by atoms with Crippen molar-refractivity contribution in [3.05, 3.63) is 23.3 Å². The first-order chi connectivity index (χ1) is 10.8. The van der Waals surface area contributed by atoms with Crippen LogP contribution in [0.2, 0.25) is 0 Å². The van der Waals surface area contributed by atoms with Crippen LogP contribution in [-0.4, -0.2) is 11.1 Å². The number of hydrogen-bond donors (Lipinski definition) is 1. The number of phenolic OH excluding ortho intramolecular Hbond substituents is 1. The minimum absolute atomic E-state index is 0.189. The highest BCUT2D eigenvalue weighted by atomic mass is 16.5. The zero-order valence-corrected chi connectivity index (χ0v) is 15.4. The third-order valence-corrected chi connectivity index (χ3v) is 4.05. The molecule has 0 fully saturated rings. The van der Waals surface area contributed by atoms with Crippen molar-refractivity contribution >= 4 is 5.97 Å². The molecule has 0 bridgehead atoms. The Hall–Kier alpha value is -1.51. The van der Waals surface area contributed by atoms with Crippen LogP contribution in [0.15, 0.2) is 12.1 Å². The molecule has 0 aliphatic heterocycles. The predicted molar refractivity (Wildman–Crippen MR) is 95.2 cm³/mol. The molecule has 1 rings (SSSR count). The third kappa shape index (κ3) is 6.64. The van der Waals surface area contributed by atoms with Gasteiger partial charge in [0.2, 0.25) is 0 Å². The molecular formula is C20H32O3. The van der Waals surface area contributed by atoms with Crippen LogP contribution >= 0.6 is 0 Å². The van der Waals surface area contributed by atoms with Gasteiger partial charge in [-0.2, -0.15) is 0 Å². The summed E-state index contributed by atoms with van der Waals surface area (Å²) in [7, 11) is 0. The molecule has 1 N–H and O–H groups in total. The van der Waals surface area contributed by atoms with Crippen molar-refractivity contribution in [2.75, 3.05) is 0 Å². The van der Waals surface area contributed by atoms with Crippen LogP contribution < -0.4 is 4.74 Å². The van der Waals surface area contributed by atoms with Crippen molar-refractivity contribution in [1.29, 1.82) is 0 Å². The Kier molecular flexibility index (Phi) is 7.60. The van der Waals surface area contributed by atoms with Crippen LogP contribution in [0, 0.1) is 6.92 Å². The molecule has 0 aromatic heterocycles. The summed E-state index contributed by atoms with van der Waals surface area (Å²) >= 11 is 0. The molecule has 130 valence electrons. The summed E-state index contributed by atoms with van der Waals surface area (Å²) in [5.41, 5.74) is 1.34. The van der Waals surface area contributed by atoms with Crippen LogP contribution in [0.5, 0.6) is 11.5 Å². The highest BCUT2D eigenvalue weighted by molar-refractivity contribution is 5.72. The summed E-state index contributed by atoms with van der Waals surface area (Å²) in [5.74, 6) is 0.625. The van der Waals surface area contributed by atoms with E-state index in [1.54, 1.807) is 12.1 Å². The van der Waals surface area contributed by atoms with Gasteiger partial charge in [0.25, 0.3) is 0 Å². The van der Waals surface area contributed by atoms with Gasteiger partial charge in [0, 0.05) is 12.0 Å². The highest BCUT2D eigenvalue weighted by Gasteiger charge is 2.21. The Morgan fingerprint density at radius 3 is 2.30 bits per heavy atom. The predicted octanol–water partition coefficient (Wildman–Crippen LogP) is 5.65. The summed E-state index contributed by atoms with van der Waals surface area (Å²) in [4.78, 5) is 12.0. The van der Waals surface area contributed by atoms with E-state index in [1.165, 1.54) is 25.7 Å². The number of hydrogen-bond acceptors (Lipinski definition) is 3. The lowest BCUT2D eigenvalue weighted by atomic mass is 9.85. The third-order valence-electron chi connectivity index (χ3n) is 4.05. The molecule has 0 saturated heterocycles. The van der Waals surface area contributed by atoms with Crippen LogP contribution in [0.4, 0.5) is 0 Å². The van der Waals surface area contributed by atoms with E-state index in [-0.39, 0.29) is 17.1 Å². The molecule has 0 heterocycles. The molecule has 3 nitrogen and oxygen atoms in total. The lowest BCUT2D eigenvalue weighted by Gasteiger charge is -2.22. The summed E-state index contributed by atoms with van der Waals surface area (Å²) < 4.78 is 5.46. The van der Waals surface area contributed by atoms with E-state index in [1.807, 2.05) is 27.7 Å². The number of carbonyl (C=O) groups is 1. The van der Waals surface area contributed by atoms with Gasteiger partial charge >= 0.3 is 5.97 Å². The maximum Gasteiger partial charge on any atom is 0.311 e. The number of aromatic hydroxyl groups is 1. The fraction of sp³-hybridized carbons (Fsp3) is 0.650. The molecule has 0 amide bonds. The van der Waals surface area contributed by atoms with E-state index in [0.717, 1.165) is 24.0 Å². The Morgan fingerprint density at radius 1 is 1.09 bits per heavy atom. The number of ether oxygens (including phenoxy) is 1. The lowest BCUT2D eigenvalue weighted by molar-refractivity contribution is -0.134. The number of esters is 1. The van der Waals surface area contributed by atoms with Gasteiger partial charge in [0.05, 0.1) is 0 Å². The largest absolute Gasteiger partial charge is 0.507 e. The molecule has 0 saturated carbocycles. The maximum absolute atomic E-state index is 12.0. The minimum atomic E-state index is -0.198. The average Bonchev–Trinajstić information content (AvgIpc) is 2.45. The maximum atomic E-state index is 12.0. The first-order valence-electron chi connectivity index (χ1n) is 8.80. The van der Waals surface area contributed by atoms with Crippen molar-refractivity contribution in [3.8, 4) is 11.5 Å². The molecular weight excluding hydrogens is 288 g/mol. The van der Waals surface area contributed by atoms with Crippen molar-refractivity contribution in [1.82, 2.24) is 0 Å². The van der Waals surface area contributed by atoms with Crippen molar-refractivity contribution < 1.29 is 14.6 Å². The zero-order chi connectivity index (χ0) is 17.5. The molecule has 0 spiro atoms. The normalized spacial score (nSPS) is 11.5. The first kappa shape index (κ1) is 19.5. The van der Waals surface area contributed by atoms with Crippen LogP contribution in [0.3, 0.4) is 0 Å². The van der Waals surface area contributed by atoms with E-state index in [0.29, 0.717) is 12.2 Å². The fourth-order valence-corrected chi connectivity index (χ4v) is 2.61. The quantitative estimate of drug-likeness (QED) is 0.382. The lowest BCUT2D eigenvalue weighted by Crippen LogP contribution is -2.13. The van der Waals surface area contributed by atoms with Gasteiger partial charge < -0.3 is 9.84 Å². The molecule has 23 heavy (non-hydrogen) atoms. The molecule has 0 unspecified atom stereocenters. The van der Waals surface area contributed by atoms with Crippen LogP contribution in [-0.2, 0) is 10.2 Å². The van der Waals surface area contributed by atoms with Crippen LogP contribution in [0.1, 0.15) is 83.8 Å². The topological polar surface area (TPSA) is 46.5 Å². The summed E-state index contributed by atoms with van der Waals surface area (Å²) in [6.45, 7) is 10.1. The van der Waals surface area contributed by atoms with Gasteiger partial charge in [-0.25, -0.2) is 0 Å². The van der Waals surface area contributed by atoms with Gasteiger partial charge in [-0.15, -0.1) is 0 Å². The number of rotatable bonds is 8. The van der Waals surface area contributed by atoms with Crippen molar-refractivity contribution in [3.63, 3.8) is 0 Å². The Bertz CT molecular complexity index is 512. The van der Waals surface area contributed by atoms with Crippen LogP contribution in [0.25, 0.3) is 0 Å². The average molecular weight is 320 g/mol. The van der Waals surface area contributed by atoms with Gasteiger partial charge in [0.15, 0.2) is 0 Å². The Balaban J connectivity index is 2.57. The SMILES string of the molecule is CCCCCCCCC(=O)Oc1cc(C)c(O)c(C(C)(C)C)c1. The second-order valence-corrected chi connectivity index (χ2v) is 7.38. The molecule has 0 atom stereocenters. The molecule has 1 aromatic rings. The smallest absolute Gasteiger partial charge is 0.311 e. The number of phenols is 1.